The van der Waals surface area contributed by atoms with Gasteiger partial charge in [0.15, 0.2) is 0 Å². The number of nitrogens with two attached hydrogens (primary N) is 1. The van der Waals surface area contributed by atoms with E-state index in [-0.39, 0.29) is 5.91 Å². The fourth-order valence-corrected chi connectivity index (χ4v) is 1.56. The van der Waals surface area contributed by atoms with Gasteiger partial charge in [-0.1, -0.05) is 13.8 Å². The van der Waals surface area contributed by atoms with Gasteiger partial charge in [-0.3, -0.25) is 4.79 Å². The molecule has 4 nitrogen and oxygen atoms in total. The quantitative estimate of drug-likeness (QED) is 0.887. The first kappa shape index (κ1) is 12.0. The second kappa shape index (κ2) is 5.11. The SMILES string of the molecule is CC(C)CC(=O)Nc1ncc(N)cc1Br. The zero-order valence-corrected chi connectivity index (χ0v) is 10.3. The van der Waals surface area contributed by atoms with Crippen molar-refractivity contribution in [2.45, 2.75) is 20.3 Å². The average Bonchev–Trinajstić information content (AvgIpc) is 2.08. The molecule has 5 heteroatoms. The number of nitrogen functional groups attached to an aromatic ring is 1. The Balaban J connectivity index is 2.68. The summed E-state index contributed by atoms with van der Waals surface area (Å²) in [5, 5.41) is 2.72. The van der Waals surface area contributed by atoms with Gasteiger partial charge in [0, 0.05) is 6.42 Å². The van der Waals surface area contributed by atoms with Crippen LogP contribution in [0, 0.1) is 5.92 Å². The van der Waals surface area contributed by atoms with E-state index in [0.29, 0.717) is 28.3 Å². The third kappa shape index (κ3) is 3.87. The minimum absolute atomic E-state index is 0.0389. The number of nitrogens with zero attached hydrogens (tertiary/aromatic N) is 1. The fraction of sp³-hybridized carbons (Fsp3) is 0.400. The van der Waals surface area contributed by atoms with E-state index < -0.39 is 0 Å². The number of halogens is 1. The Morgan fingerprint density at radius 3 is 2.87 bits per heavy atom. The number of hydrogen-bond acceptors (Lipinski definition) is 3. The van der Waals surface area contributed by atoms with Gasteiger partial charge in [0.2, 0.25) is 5.91 Å². The molecule has 0 spiro atoms. The Bertz CT molecular complexity index is 366. The van der Waals surface area contributed by atoms with Crippen molar-refractivity contribution in [1.29, 1.82) is 0 Å². The Kier molecular flexibility index (Phi) is 4.08. The summed E-state index contributed by atoms with van der Waals surface area (Å²) in [4.78, 5) is 15.5. The van der Waals surface area contributed by atoms with Gasteiger partial charge in [0.25, 0.3) is 0 Å². The minimum atomic E-state index is -0.0389. The molecule has 0 aromatic carbocycles. The maximum atomic E-state index is 11.5. The Morgan fingerprint density at radius 2 is 2.33 bits per heavy atom. The molecule has 0 saturated heterocycles. The van der Waals surface area contributed by atoms with Crippen LogP contribution >= 0.6 is 15.9 Å². The van der Waals surface area contributed by atoms with Crippen LogP contribution in [-0.4, -0.2) is 10.9 Å². The van der Waals surface area contributed by atoms with E-state index in [1.165, 1.54) is 6.20 Å². The standard InChI is InChI=1S/C10H14BrN3O/c1-6(2)3-9(15)14-10-8(11)4-7(12)5-13-10/h4-6H,3,12H2,1-2H3,(H,13,14,15). The molecule has 82 valence electrons. The van der Waals surface area contributed by atoms with E-state index >= 15 is 0 Å². The van der Waals surface area contributed by atoms with Crippen molar-refractivity contribution in [2.75, 3.05) is 11.1 Å². The number of nitrogens with one attached hydrogen (secondary N) is 1. The summed E-state index contributed by atoms with van der Waals surface area (Å²) in [5.74, 6) is 0.801. The van der Waals surface area contributed by atoms with Crippen LogP contribution in [0.3, 0.4) is 0 Å². The topological polar surface area (TPSA) is 68.0 Å². The lowest BCUT2D eigenvalue weighted by Crippen LogP contribution is -2.15. The van der Waals surface area contributed by atoms with Crippen molar-refractivity contribution in [2.24, 2.45) is 5.92 Å². The molecule has 0 bridgehead atoms. The highest BCUT2D eigenvalue weighted by Crippen LogP contribution is 2.22. The lowest BCUT2D eigenvalue weighted by atomic mass is 10.1. The van der Waals surface area contributed by atoms with Crippen molar-refractivity contribution >= 4 is 33.3 Å². The van der Waals surface area contributed by atoms with Crippen molar-refractivity contribution in [3.8, 4) is 0 Å². The largest absolute Gasteiger partial charge is 0.397 e. The highest BCUT2D eigenvalue weighted by Gasteiger charge is 2.08. The van der Waals surface area contributed by atoms with Crippen LogP contribution in [0.25, 0.3) is 0 Å². The molecule has 1 aromatic rings. The molecule has 1 aromatic heterocycles. The Hall–Kier alpha value is -1.10. The van der Waals surface area contributed by atoms with Gasteiger partial charge in [-0.2, -0.15) is 0 Å². The highest BCUT2D eigenvalue weighted by molar-refractivity contribution is 9.10. The lowest BCUT2D eigenvalue weighted by Gasteiger charge is -2.08. The van der Waals surface area contributed by atoms with Crippen molar-refractivity contribution in [1.82, 2.24) is 4.98 Å². The maximum Gasteiger partial charge on any atom is 0.225 e. The molecular weight excluding hydrogens is 258 g/mol. The second-order valence-electron chi connectivity index (χ2n) is 3.75. The molecule has 0 radical (unpaired) electrons. The van der Waals surface area contributed by atoms with E-state index in [1.54, 1.807) is 6.07 Å². The number of hydrogen-bond donors (Lipinski definition) is 2. The van der Waals surface area contributed by atoms with E-state index in [2.05, 4.69) is 26.2 Å². The molecule has 0 unspecified atom stereocenters. The molecule has 0 fully saturated rings. The summed E-state index contributed by atoms with van der Waals surface area (Å²) in [7, 11) is 0. The van der Waals surface area contributed by atoms with Crippen LogP contribution in [0.4, 0.5) is 11.5 Å². The predicted molar refractivity (Wildman–Crippen MR) is 64.4 cm³/mol. The number of pyridine rings is 1. The van der Waals surface area contributed by atoms with E-state index in [4.69, 9.17) is 5.73 Å². The zero-order chi connectivity index (χ0) is 11.4. The second-order valence-corrected chi connectivity index (χ2v) is 4.60. The number of carbonyl (C=O) groups is 1. The van der Waals surface area contributed by atoms with Crippen LogP contribution in [0.5, 0.6) is 0 Å². The zero-order valence-electron chi connectivity index (χ0n) is 8.75. The Morgan fingerprint density at radius 1 is 1.67 bits per heavy atom. The van der Waals surface area contributed by atoms with Gasteiger partial charge in [-0.25, -0.2) is 4.98 Å². The summed E-state index contributed by atoms with van der Waals surface area (Å²) < 4.78 is 0.694. The van der Waals surface area contributed by atoms with Crippen molar-refractivity contribution in [3.05, 3.63) is 16.7 Å². The smallest absolute Gasteiger partial charge is 0.225 e. The summed E-state index contributed by atoms with van der Waals surface area (Å²) in [6, 6.07) is 1.71. The van der Waals surface area contributed by atoms with Crippen LogP contribution in [0.15, 0.2) is 16.7 Å². The van der Waals surface area contributed by atoms with Gasteiger partial charge in [-0.05, 0) is 27.9 Å². The molecule has 3 N–H and O–H groups in total. The molecule has 0 saturated carbocycles. The van der Waals surface area contributed by atoms with Crippen molar-refractivity contribution in [3.63, 3.8) is 0 Å². The van der Waals surface area contributed by atoms with Crippen LogP contribution < -0.4 is 11.1 Å². The lowest BCUT2D eigenvalue weighted by molar-refractivity contribution is -0.116. The van der Waals surface area contributed by atoms with Crippen LogP contribution in [0.2, 0.25) is 0 Å². The average molecular weight is 272 g/mol. The molecule has 1 heterocycles. The predicted octanol–water partition coefficient (Wildman–Crippen LogP) is 2.41. The van der Waals surface area contributed by atoms with Gasteiger partial charge in [0.05, 0.1) is 16.4 Å². The molecular formula is C10H14BrN3O. The van der Waals surface area contributed by atoms with Gasteiger partial charge < -0.3 is 11.1 Å². The van der Waals surface area contributed by atoms with Gasteiger partial charge >= 0.3 is 0 Å². The van der Waals surface area contributed by atoms with E-state index in [9.17, 15) is 4.79 Å². The fourth-order valence-electron chi connectivity index (χ4n) is 1.10. The first-order valence-electron chi connectivity index (χ1n) is 4.70. The number of carbonyl (C=O) groups excluding carboxylic acids is 1. The van der Waals surface area contributed by atoms with Gasteiger partial charge in [0.1, 0.15) is 5.82 Å². The summed E-state index contributed by atoms with van der Waals surface area (Å²) in [6.07, 6.45) is 1.99. The summed E-state index contributed by atoms with van der Waals surface area (Å²) in [5.41, 5.74) is 6.09. The summed E-state index contributed by atoms with van der Waals surface area (Å²) in [6.45, 7) is 3.98. The van der Waals surface area contributed by atoms with E-state index in [1.807, 2.05) is 13.8 Å². The maximum absolute atomic E-state index is 11.5. The third-order valence-electron chi connectivity index (χ3n) is 1.71. The number of aromatic nitrogens is 1. The van der Waals surface area contributed by atoms with Crippen molar-refractivity contribution < 1.29 is 4.79 Å². The van der Waals surface area contributed by atoms with Gasteiger partial charge in [-0.15, -0.1) is 0 Å². The van der Waals surface area contributed by atoms with Crippen LogP contribution in [0.1, 0.15) is 20.3 Å². The minimum Gasteiger partial charge on any atom is -0.397 e. The molecule has 1 amide bonds. The van der Waals surface area contributed by atoms with Crippen LogP contribution in [-0.2, 0) is 4.79 Å². The molecule has 0 aliphatic heterocycles. The number of amides is 1. The monoisotopic (exact) mass is 271 g/mol. The number of anilines is 2. The molecule has 0 atom stereocenters. The summed E-state index contributed by atoms with van der Waals surface area (Å²) >= 11 is 3.28. The highest BCUT2D eigenvalue weighted by atomic mass is 79.9. The first-order valence-corrected chi connectivity index (χ1v) is 5.49. The molecule has 0 aliphatic carbocycles. The number of rotatable bonds is 3. The molecule has 15 heavy (non-hydrogen) atoms. The Labute approximate surface area is 97.4 Å². The molecule has 0 aliphatic rings. The molecule has 1 rings (SSSR count). The first-order chi connectivity index (χ1) is 6.99. The third-order valence-corrected chi connectivity index (χ3v) is 2.32. The van der Waals surface area contributed by atoms with E-state index in [0.717, 1.165) is 0 Å². The normalized spacial score (nSPS) is 10.4.